The average Bonchev–Trinajstić information content (AvgIpc) is 3.18. The van der Waals surface area contributed by atoms with Crippen LogP contribution in [0.25, 0.3) is 0 Å². The highest BCUT2D eigenvalue weighted by Gasteiger charge is 2.32. The van der Waals surface area contributed by atoms with Gasteiger partial charge in [0.05, 0.1) is 0 Å². The second kappa shape index (κ2) is 6.05. The summed E-state index contributed by atoms with van der Waals surface area (Å²) in [6, 6.07) is 9.34. The first kappa shape index (κ1) is 14.4. The highest BCUT2D eigenvalue weighted by atomic mass is 35.5. The van der Waals surface area contributed by atoms with Gasteiger partial charge in [0.15, 0.2) is 0 Å². The van der Waals surface area contributed by atoms with Crippen molar-refractivity contribution in [3.8, 4) is 0 Å². The molecular formula is C17H25ClN2. The van der Waals surface area contributed by atoms with Crippen molar-refractivity contribution in [1.29, 1.82) is 0 Å². The maximum absolute atomic E-state index is 3.55. The molecule has 0 spiro atoms. The molecule has 3 fully saturated rings. The van der Waals surface area contributed by atoms with Gasteiger partial charge in [-0.05, 0) is 67.8 Å². The normalized spacial score (nSPS) is 29.8. The molecule has 1 aromatic rings. The molecule has 20 heavy (non-hydrogen) atoms. The Labute approximate surface area is 128 Å². The molecule has 2 aliphatic heterocycles. The fraction of sp³-hybridized carbons (Fsp3) is 0.647. The third kappa shape index (κ3) is 3.03. The summed E-state index contributed by atoms with van der Waals surface area (Å²) in [7, 11) is 0. The van der Waals surface area contributed by atoms with Gasteiger partial charge >= 0.3 is 0 Å². The third-order valence-electron chi connectivity index (χ3n) is 5.19. The Morgan fingerprint density at radius 2 is 1.95 bits per heavy atom. The monoisotopic (exact) mass is 292 g/mol. The zero-order chi connectivity index (χ0) is 12.7. The number of nitrogens with zero attached hydrogens (tertiary/aromatic N) is 1. The largest absolute Gasteiger partial charge is 0.316 e. The fourth-order valence-corrected chi connectivity index (χ4v) is 3.87. The van der Waals surface area contributed by atoms with E-state index in [2.05, 4.69) is 34.5 Å². The zero-order valence-electron chi connectivity index (χ0n) is 12.1. The topological polar surface area (TPSA) is 15.3 Å². The second-order valence-electron chi connectivity index (χ2n) is 6.72. The molecule has 0 aromatic heterocycles. The second-order valence-corrected chi connectivity index (χ2v) is 6.72. The molecule has 0 amide bonds. The summed E-state index contributed by atoms with van der Waals surface area (Å²) in [6.07, 6.45) is 4.20. The van der Waals surface area contributed by atoms with Crippen molar-refractivity contribution in [2.75, 3.05) is 26.2 Å². The first-order valence-corrected chi connectivity index (χ1v) is 7.90. The highest BCUT2D eigenvalue weighted by molar-refractivity contribution is 5.85. The van der Waals surface area contributed by atoms with E-state index in [1.807, 2.05) is 0 Å². The van der Waals surface area contributed by atoms with E-state index < -0.39 is 0 Å². The molecule has 3 heteroatoms. The van der Waals surface area contributed by atoms with Crippen LogP contribution in [-0.4, -0.2) is 31.1 Å². The van der Waals surface area contributed by atoms with Crippen LogP contribution in [0.5, 0.6) is 0 Å². The van der Waals surface area contributed by atoms with Gasteiger partial charge in [0, 0.05) is 13.1 Å². The number of nitrogens with one attached hydrogen (secondary N) is 1. The van der Waals surface area contributed by atoms with Crippen molar-refractivity contribution in [3.05, 3.63) is 35.4 Å². The standard InChI is InChI=1S/C17H24N2.ClH/c1-2-13(8-15(3-1)14-4-5-14)11-19-7-6-16-9-18-10-17(16)12-19;/h1-3,8,14,16-18H,4-7,9-12H2;1H. The van der Waals surface area contributed by atoms with E-state index in [0.29, 0.717) is 0 Å². The van der Waals surface area contributed by atoms with Gasteiger partial charge in [0.1, 0.15) is 0 Å². The number of likely N-dealkylation sites (tertiary alicyclic amines) is 1. The van der Waals surface area contributed by atoms with Crippen molar-refractivity contribution >= 4 is 12.4 Å². The minimum Gasteiger partial charge on any atom is -0.316 e. The average molecular weight is 293 g/mol. The van der Waals surface area contributed by atoms with Crippen LogP contribution in [0, 0.1) is 11.8 Å². The molecule has 1 aliphatic carbocycles. The SMILES string of the molecule is Cl.c1cc(CN2CCC3CNCC3C2)cc(C2CC2)c1. The lowest BCUT2D eigenvalue weighted by Gasteiger charge is -2.34. The fourth-order valence-electron chi connectivity index (χ4n) is 3.87. The Hall–Kier alpha value is -0.570. The molecule has 4 rings (SSSR count). The number of benzene rings is 1. The molecule has 1 aromatic carbocycles. The number of rotatable bonds is 3. The van der Waals surface area contributed by atoms with Crippen LogP contribution in [-0.2, 0) is 6.54 Å². The van der Waals surface area contributed by atoms with Crippen molar-refractivity contribution in [3.63, 3.8) is 0 Å². The van der Waals surface area contributed by atoms with E-state index in [1.54, 1.807) is 5.56 Å². The third-order valence-corrected chi connectivity index (χ3v) is 5.19. The number of piperidine rings is 1. The Balaban J connectivity index is 0.00000121. The van der Waals surface area contributed by atoms with Gasteiger partial charge in [0.25, 0.3) is 0 Å². The molecular weight excluding hydrogens is 268 g/mol. The molecule has 2 saturated heterocycles. The van der Waals surface area contributed by atoms with Gasteiger partial charge in [-0.3, -0.25) is 4.90 Å². The van der Waals surface area contributed by atoms with E-state index in [9.17, 15) is 0 Å². The molecule has 2 nitrogen and oxygen atoms in total. The molecule has 0 bridgehead atoms. The molecule has 0 radical (unpaired) electrons. The Morgan fingerprint density at radius 1 is 1.10 bits per heavy atom. The molecule has 2 unspecified atom stereocenters. The zero-order valence-corrected chi connectivity index (χ0v) is 12.9. The van der Waals surface area contributed by atoms with Crippen molar-refractivity contribution in [2.45, 2.75) is 31.7 Å². The van der Waals surface area contributed by atoms with Crippen LogP contribution in [0.15, 0.2) is 24.3 Å². The molecule has 1 saturated carbocycles. The molecule has 1 N–H and O–H groups in total. The van der Waals surface area contributed by atoms with E-state index in [-0.39, 0.29) is 12.4 Å². The number of halogens is 1. The van der Waals surface area contributed by atoms with Crippen molar-refractivity contribution in [2.24, 2.45) is 11.8 Å². The summed E-state index contributed by atoms with van der Waals surface area (Å²) in [5, 5.41) is 3.55. The minimum atomic E-state index is 0. The predicted octanol–water partition coefficient (Wildman–Crippen LogP) is 3.03. The van der Waals surface area contributed by atoms with E-state index in [4.69, 9.17) is 0 Å². The maximum atomic E-state index is 3.55. The summed E-state index contributed by atoms with van der Waals surface area (Å²) >= 11 is 0. The Morgan fingerprint density at radius 3 is 2.80 bits per heavy atom. The van der Waals surface area contributed by atoms with Gasteiger partial charge < -0.3 is 5.32 Å². The predicted molar refractivity (Wildman–Crippen MR) is 85.4 cm³/mol. The first-order chi connectivity index (χ1) is 9.38. The number of fused-ring (bicyclic) bond motifs is 1. The van der Waals surface area contributed by atoms with Crippen LogP contribution in [0.3, 0.4) is 0 Å². The first-order valence-electron chi connectivity index (χ1n) is 7.90. The van der Waals surface area contributed by atoms with Gasteiger partial charge in [-0.15, -0.1) is 12.4 Å². The van der Waals surface area contributed by atoms with Gasteiger partial charge in [-0.25, -0.2) is 0 Å². The van der Waals surface area contributed by atoms with Crippen LogP contribution in [0.4, 0.5) is 0 Å². The summed E-state index contributed by atoms with van der Waals surface area (Å²) < 4.78 is 0. The molecule has 2 atom stereocenters. The smallest absolute Gasteiger partial charge is 0.0233 e. The van der Waals surface area contributed by atoms with Crippen molar-refractivity contribution < 1.29 is 0 Å². The van der Waals surface area contributed by atoms with Crippen LogP contribution in [0.1, 0.15) is 36.3 Å². The summed E-state index contributed by atoms with van der Waals surface area (Å²) in [6.45, 7) is 6.24. The minimum absolute atomic E-state index is 0. The van der Waals surface area contributed by atoms with Crippen LogP contribution in [0.2, 0.25) is 0 Å². The summed E-state index contributed by atoms with van der Waals surface area (Å²) in [5.41, 5.74) is 3.10. The lowest BCUT2D eigenvalue weighted by Crippen LogP contribution is -2.39. The molecule has 110 valence electrons. The Kier molecular flexibility index (Phi) is 4.34. The quantitative estimate of drug-likeness (QED) is 0.921. The molecule has 2 heterocycles. The van der Waals surface area contributed by atoms with Crippen LogP contribution < -0.4 is 5.32 Å². The maximum Gasteiger partial charge on any atom is 0.0233 e. The van der Waals surface area contributed by atoms with Crippen LogP contribution >= 0.6 is 12.4 Å². The lowest BCUT2D eigenvalue weighted by molar-refractivity contribution is 0.142. The van der Waals surface area contributed by atoms with E-state index in [1.165, 1.54) is 51.0 Å². The number of hydrogen-bond donors (Lipinski definition) is 1. The van der Waals surface area contributed by atoms with E-state index in [0.717, 1.165) is 24.3 Å². The number of hydrogen-bond acceptors (Lipinski definition) is 2. The molecule has 3 aliphatic rings. The van der Waals surface area contributed by atoms with Crippen molar-refractivity contribution in [1.82, 2.24) is 10.2 Å². The van der Waals surface area contributed by atoms with Gasteiger partial charge in [-0.2, -0.15) is 0 Å². The Bertz CT molecular complexity index is 458. The summed E-state index contributed by atoms with van der Waals surface area (Å²) in [5.74, 6) is 2.74. The lowest BCUT2D eigenvalue weighted by atomic mass is 9.88. The van der Waals surface area contributed by atoms with Gasteiger partial charge in [-0.1, -0.05) is 24.3 Å². The van der Waals surface area contributed by atoms with Gasteiger partial charge in [0.2, 0.25) is 0 Å². The van der Waals surface area contributed by atoms with E-state index >= 15 is 0 Å². The summed E-state index contributed by atoms with van der Waals surface area (Å²) in [4.78, 5) is 2.67. The highest BCUT2D eigenvalue weighted by Crippen LogP contribution is 2.40.